The van der Waals surface area contributed by atoms with Crippen molar-refractivity contribution in [2.24, 2.45) is 4.99 Å². The average molecular weight is 388 g/mol. The Morgan fingerprint density at radius 3 is 2.93 bits per heavy atom. The summed E-state index contributed by atoms with van der Waals surface area (Å²) in [6.45, 7) is 2.53. The van der Waals surface area contributed by atoms with E-state index in [0.717, 1.165) is 43.5 Å². The highest BCUT2D eigenvalue weighted by atomic mass is 35.5. The Balaban J connectivity index is 1.25. The summed E-state index contributed by atoms with van der Waals surface area (Å²) in [7, 11) is 0. The number of imidazole rings is 1. The number of aliphatic imine (C=N–C) groups is 1. The molecule has 0 radical (unpaired) electrons. The predicted octanol–water partition coefficient (Wildman–Crippen LogP) is 3.11. The molecule has 1 amide bonds. The second-order valence-electron chi connectivity index (χ2n) is 6.78. The zero-order valence-corrected chi connectivity index (χ0v) is 15.8. The zero-order chi connectivity index (χ0) is 18.6. The summed E-state index contributed by atoms with van der Waals surface area (Å²) < 4.78 is 7.99. The number of amides is 1. The molecule has 0 atom stereocenters. The molecule has 2 aromatic rings. The van der Waals surface area contributed by atoms with E-state index >= 15 is 0 Å². The van der Waals surface area contributed by atoms with Crippen LogP contribution in [0.1, 0.15) is 31.2 Å². The molecule has 7 nitrogen and oxygen atoms in total. The standard InChI is InChI=1S/C19H22ClN5O2/c20-18-14-11-25-12-17(26)23-19(25)22-15(14)5-6-16(18)27-10-4-2-1-3-8-24-9-7-21-13-24/h5-7,9,13H,1-4,8,10-12H2,(H,22,23,26). The molecule has 1 aromatic heterocycles. The first kappa shape index (κ1) is 17.9. The molecule has 0 bridgehead atoms. The van der Waals surface area contributed by atoms with Gasteiger partial charge in [0.1, 0.15) is 12.3 Å². The summed E-state index contributed by atoms with van der Waals surface area (Å²) in [5, 5.41) is 3.35. The molecule has 8 heteroatoms. The Kier molecular flexibility index (Phi) is 5.29. The van der Waals surface area contributed by atoms with Crippen LogP contribution in [0.5, 0.6) is 5.75 Å². The lowest BCUT2D eigenvalue weighted by atomic mass is 10.1. The highest BCUT2D eigenvalue weighted by Gasteiger charge is 2.30. The minimum Gasteiger partial charge on any atom is -0.492 e. The van der Waals surface area contributed by atoms with Crippen LogP contribution in [0.3, 0.4) is 0 Å². The fourth-order valence-corrected chi connectivity index (χ4v) is 3.61. The third kappa shape index (κ3) is 4.08. The van der Waals surface area contributed by atoms with Gasteiger partial charge in [0.2, 0.25) is 11.9 Å². The van der Waals surface area contributed by atoms with Gasteiger partial charge in [-0.1, -0.05) is 24.4 Å². The molecule has 1 N–H and O–H groups in total. The summed E-state index contributed by atoms with van der Waals surface area (Å²) in [4.78, 5) is 21.9. The first-order chi connectivity index (χ1) is 13.2. The highest BCUT2D eigenvalue weighted by Crippen LogP contribution is 2.38. The van der Waals surface area contributed by atoms with Gasteiger partial charge in [-0.15, -0.1) is 0 Å². The van der Waals surface area contributed by atoms with E-state index in [4.69, 9.17) is 16.3 Å². The van der Waals surface area contributed by atoms with Crippen LogP contribution in [-0.4, -0.2) is 39.5 Å². The fraction of sp³-hybridized carbons (Fsp3) is 0.421. The first-order valence-electron chi connectivity index (χ1n) is 9.24. The number of benzene rings is 1. The van der Waals surface area contributed by atoms with Gasteiger partial charge in [0.05, 0.1) is 30.2 Å². The molecule has 27 heavy (non-hydrogen) atoms. The van der Waals surface area contributed by atoms with Crippen molar-refractivity contribution in [3.05, 3.63) is 41.4 Å². The van der Waals surface area contributed by atoms with Crippen LogP contribution < -0.4 is 10.1 Å². The molecule has 0 unspecified atom stereocenters. The van der Waals surface area contributed by atoms with Crippen molar-refractivity contribution in [2.45, 2.75) is 38.8 Å². The monoisotopic (exact) mass is 387 g/mol. The Labute approximate surface area is 163 Å². The third-order valence-corrected chi connectivity index (χ3v) is 5.19. The quantitative estimate of drug-likeness (QED) is 0.706. The number of hydrogen-bond acceptors (Lipinski definition) is 5. The van der Waals surface area contributed by atoms with Crippen LogP contribution in [0.4, 0.5) is 5.69 Å². The van der Waals surface area contributed by atoms with Gasteiger partial charge in [0.15, 0.2) is 0 Å². The largest absolute Gasteiger partial charge is 0.492 e. The number of guanidine groups is 1. The molecule has 1 saturated heterocycles. The van der Waals surface area contributed by atoms with Gasteiger partial charge in [-0.2, -0.15) is 0 Å². The van der Waals surface area contributed by atoms with Crippen molar-refractivity contribution in [2.75, 3.05) is 13.2 Å². The number of ether oxygens (including phenoxy) is 1. The Hall–Kier alpha value is -2.54. The highest BCUT2D eigenvalue weighted by molar-refractivity contribution is 6.33. The maximum Gasteiger partial charge on any atom is 0.246 e. The van der Waals surface area contributed by atoms with Crippen LogP contribution in [0.15, 0.2) is 35.8 Å². The lowest BCUT2D eigenvalue weighted by Gasteiger charge is -2.24. The number of aromatic nitrogens is 2. The van der Waals surface area contributed by atoms with E-state index in [2.05, 4.69) is 19.9 Å². The first-order valence-corrected chi connectivity index (χ1v) is 9.62. The number of unbranched alkanes of at least 4 members (excludes halogenated alkanes) is 3. The van der Waals surface area contributed by atoms with Crippen LogP contribution in [0.2, 0.25) is 5.02 Å². The number of carbonyl (C=O) groups excluding carboxylic acids is 1. The third-order valence-electron chi connectivity index (χ3n) is 4.77. The zero-order valence-electron chi connectivity index (χ0n) is 15.0. The van der Waals surface area contributed by atoms with Gasteiger partial charge in [0.25, 0.3) is 0 Å². The van der Waals surface area contributed by atoms with Gasteiger partial charge < -0.3 is 14.2 Å². The predicted molar refractivity (Wildman–Crippen MR) is 103 cm³/mol. The summed E-state index contributed by atoms with van der Waals surface area (Å²) >= 11 is 6.54. The van der Waals surface area contributed by atoms with Crippen molar-refractivity contribution in [3.63, 3.8) is 0 Å². The fourth-order valence-electron chi connectivity index (χ4n) is 3.33. The smallest absolute Gasteiger partial charge is 0.246 e. The molecule has 4 rings (SSSR count). The lowest BCUT2D eigenvalue weighted by molar-refractivity contribution is -0.118. The van der Waals surface area contributed by atoms with E-state index < -0.39 is 0 Å². The molecule has 0 saturated carbocycles. The van der Waals surface area contributed by atoms with Crippen molar-refractivity contribution < 1.29 is 9.53 Å². The summed E-state index contributed by atoms with van der Waals surface area (Å²) in [5.41, 5.74) is 1.70. The molecule has 142 valence electrons. The Morgan fingerprint density at radius 1 is 1.19 bits per heavy atom. The van der Waals surface area contributed by atoms with Gasteiger partial charge in [-0.25, -0.2) is 9.98 Å². The average Bonchev–Trinajstić information content (AvgIpc) is 3.29. The molecular weight excluding hydrogens is 366 g/mol. The van der Waals surface area contributed by atoms with Gasteiger partial charge in [0, 0.05) is 24.5 Å². The van der Waals surface area contributed by atoms with Crippen LogP contribution in [-0.2, 0) is 17.9 Å². The van der Waals surface area contributed by atoms with Gasteiger partial charge >= 0.3 is 0 Å². The van der Waals surface area contributed by atoms with Crippen molar-refractivity contribution in [1.29, 1.82) is 0 Å². The molecular formula is C19H22ClN5O2. The van der Waals surface area contributed by atoms with E-state index in [1.807, 2.05) is 29.6 Å². The maximum atomic E-state index is 11.5. The van der Waals surface area contributed by atoms with Crippen LogP contribution >= 0.6 is 11.6 Å². The van der Waals surface area contributed by atoms with E-state index in [9.17, 15) is 4.79 Å². The SMILES string of the molecule is O=C1CN2Cc3c(ccc(OCCCCCCn4ccnc4)c3Cl)N=C2N1. The van der Waals surface area contributed by atoms with Gasteiger partial charge in [-0.3, -0.25) is 10.1 Å². The Bertz CT molecular complexity index is 850. The number of fused-ring (bicyclic) bond motifs is 2. The number of rotatable bonds is 8. The van der Waals surface area contributed by atoms with Crippen molar-refractivity contribution in [1.82, 2.24) is 19.8 Å². The summed E-state index contributed by atoms with van der Waals surface area (Å²) in [6, 6.07) is 3.76. The van der Waals surface area contributed by atoms with Crippen LogP contribution in [0.25, 0.3) is 0 Å². The molecule has 0 spiro atoms. The Morgan fingerprint density at radius 2 is 2.07 bits per heavy atom. The second-order valence-corrected chi connectivity index (χ2v) is 7.16. The van der Waals surface area contributed by atoms with E-state index in [1.54, 1.807) is 6.20 Å². The molecule has 2 aliphatic heterocycles. The lowest BCUT2D eigenvalue weighted by Crippen LogP contribution is -2.32. The number of aryl methyl sites for hydroxylation is 1. The summed E-state index contributed by atoms with van der Waals surface area (Å²) in [5.74, 6) is 1.25. The molecule has 2 aliphatic rings. The number of carbonyl (C=O) groups is 1. The van der Waals surface area contributed by atoms with E-state index in [0.29, 0.717) is 36.4 Å². The normalized spacial score (nSPS) is 15.2. The van der Waals surface area contributed by atoms with E-state index in [1.165, 1.54) is 0 Å². The maximum absolute atomic E-state index is 11.5. The number of halogens is 1. The molecule has 3 heterocycles. The molecule has 1 fully saturated rings. The van der Waals surface area contributed by atoms with Gasteiger partial charge in [-0.05, 0) is 25.0 Å². The molecule has 0 aliphatic carbocycles. The van der Waals surface area contributed by atoms with Crippen molar-refractivity contribution >= 4 is 29.2 Å². The number of hydrogen-bond donors (Lipinski definition) is 1. The number of nitrogens with one attached hydrogen (secondary N) is 1. The second kappa shape index (κ2) is 8.00. The van der Waals surface area contributed by atoms with Crippen LogP contribution in [0, 0.1) is 0 Å². The molecule has 1 aromatic carbocycles. The summed E-state index contributed by atoms with van der Waals surface area (Å²) in [6.07, 6.45) is 10.0. The minimum absolute atomic E-state index is 0.0396. The van der Waals surface area contributed by atoms with Crippen molar-refractivity contribution in [3.8, 4) is 5.75 Å². The topological polar surface area (TPSA) is 71.8 Å². The minimum atomic E-state index is -0.0396. The number of nitrogens with zero attached hydrogens (tertiary/aromatic N) is 4. The van der Waals surface area contributed by atoms with E-state index in [-0.39, 0.29) is 5.91 Å².